The molecule has 1 aromatic carbocycles. The first-order valence-electron chi connectivity index (χ1n) is 5.94. The van der Waals surface area contributed by atoms with E-state index in [1.165, 1.54) is 6.07 Å². The highest BCUT2D eigenvalue weighted by molar-refractivity contribution is 5.92. The van der Waals surface area contributed by atoms with Crippen LogP contribution in [-0.4, -0.2) is 19.0 Å². The standard InChI is InChI=1S/C13H17FN2O/c1-9-4-5-12(11(14)7-9)16-13(17)10-3-2-6-15-8-10/h4-5,7,10,15H,2-3,6,8H2,1H3,(H,16,17)/t10-/m1/s1. The topological polar surface area (TPSA) is 41.1 Å². The van der Waals surface area contributed by atoms with Crippen LogP contribution in [0.5, 0.6) is 0 Å². The van der Waals surface area contributed by atoms with Crippen LogP contribution >= 0.6 is 0 Å². The highest BCUT2D eigenvalue weighted by Crippen LogP contribution is 2.18. The number of carbonyl (C=O) groups is 1. The second-order valence-corrected chi connectivity index (χ2v) is 4.52. The molecular weight excluding hydrogens is 219 g/mol. The lowest BCUT2D eigenvalue weighted by Crippen LogP contribution is -2.37. The average Bonchev–Trinajstić information content (AvgIpc) is 2.34. The van der Waals surface area contributed by atoms with E-state index in [-0.39, 0.29) is 23.3 Å². The van der Waals surface area contributed by atoms with Gasteiger partial charge in [0.15, 0.2) is 0 Å². The number of hydrogen-bond acceptors (Lipinski definition) is 2. The molecule has 1 atom stereocenters. The van der Waals surface area contributed by atoms with Crippen LogP contribution in [0.1, 0.15) is 18.4 Å². The molecule has 1 saturated heterocycles. The summed E-state index contributed by atoms with van der Waals surface area (Å²) in [6.45, 7) is 3.46. The van der Waals surface area contributed by atoms with Crippen molar-refractivity contribution in [1.29, 1.82) is 0 Å². The fourth-order valence-corrected chi connectivity index (χ4v) is 2.03. The lowest BCUT2D eigenvalue weighted by molar-refractivity contribution is -0.120. The van der Waals surface area contributed by atoms with Crippen LogP contribution in [0.15, 0.2) is 18.2 Å². The number of aryl methyl sites for hydroxylation is 1. The molecule has 0 unspecified atom stereocenters. The van der Waals surface area contributed by atoms with Crippen LogP contribution < -0.4 is 10.6 Å². The molecule has 4 heteroatoms. The van der Waals surface area contributed by atoms with Gasteiger partial charge in [0, 0.05) is 6.54 Å². The smallest absolute Gasteiger partial charge is 0.228 e. The van der Waals surface area contributed by atoms with Gasteiger partial charge in [0.2, 0.25) is 5.91 Å². The predicted molar refractivity (Wildman–Crippen MR) is 65.4 cm³/mol. The van der Waals surface area contributed by atoms with E-state index in [1.54, 1.807) is 12.1 Å². The molecule has 0 spiro atoms. The number of amides is 1. The van der Waals surface area contributed by atoms with Gasteiger partial charge in [0.05, 0.1) is 11.6 Å². The SMILES string of the molecule is Cc1ccc(NC(=O)[C@@H]2CCCNC2)c(F)c1. The van der Waals surface area contributed by atoms with Crippen LogP contribution in [0.3, 0.4) is 0 Å². The van der Waals surface area contributed by atoms with Crippen molar-refractivity contribution in [2.24, 2.45) is 5.92 Å². The molecule has 0 radical (unpaired) electrons. The maximum atomic E-state index is 13.5. The third-order valence-corrected chi connectivity index (χ3v) is 3.05. The van der Waals surface area contributed by atoms with Gasteiger partial charge >= 0.3 is 0 Å². The Balaban J connectivity index is 2.02. The summed E-state index contributed by atoms with van der Waals surface area (Å²) in [5.74, 6) is -0.522. The van der Waals surface area contributed by atoms with E-state index in [1.807, 2.05) is 6.92 Å². The van der Waals surface area contributed by atoms with Crippen molar-refractivity contribution in [1.82, 2.24) is 5.32 Å². The number of anilines is 1. The number of rotatable bonds is 2. The van der Waals surface area contributed by atoms with Crippen LogP contribution in [0, 0.1) is 18.7 Å². The molecule has 3 nitrogen and oxygen atoms in total. The first kappa shape index (κ1) is 12.0. The van der Waals surface area contributed by atoms with Crippen LogP contribution in [0.25, 0.3) is 0 Å². The number of benzene rings is 1. The molecule has 17 heavy (non-hydrogen) atoms. The van der Waals surface area contributed by atoms with Gasteiger partial charge < -0.3 is 10.6 Å². The molecule has 1 aliphatic rings. The molecule has 92 valence electrons. The summed E-state index contributed by atoms with van der Waals surface area (Å²) >= 11 is 0. The molecule has 1 heterocycles. The molecule has 0 aromatic heterocycles. The van der Waals surface area contributed by atoms with E-state index in [2.05, 4.69) is 10.6 Å². The number of piperidine rings is 1. The lowest BCUT2D eigenvalue weighted by atomic mass is 9.99. The van der Waals surface area contributed by atoms with E-state index in [0.29, 0.717) is 6.54 Å². The Morgan fingerprint density at radius 3 is 3.00 bits per heavy atom. The second kappa shape index (κ2) is 5.27. The van der Waals surface area contributed by atoms with E-state index >= 15 is 0 Å². The van der Waals surface area contributed by atoms with Crippen molar-refractivity contribution >= 4 is 11.6 Å². The van der Waals surface area contributed by atoms with E-state index < -0.39 is 0 Å². The van der Waals surface area contributed by atoms with Gasteiger partial charge in [-0.05, 0) is 44.0 Å². The van der Waals surface area contributed by atoms with E-state index in [9.17, 15) is 9.18 Å². The minimum absolute atomic E-state index is 0.0514. The van der Waals surface area contributed by atoms with Gasteiger partial charge in [-0.15, -0.1) is 0 Å². The maximum Gasteiger partial charge on any atom is 0.228 e. The summed E-state index contributed by atoms with van der Waals surface area (Å²) < 4.78 is 13.5. The average molecular weight is 236 g/mol. The van der Waals surface area contributed by atoms with Gasteiger partial charge in [-0.1, -0.05) is 6.07 Å². The number of nitrogens with one attached hydrogen (secondary N) is 2. The quantitative estimate of drug-likeness (QED) is 0.825. The molecule has 1 amide bonds. The van der Waals surface area contributed by atoms with Gasteiger partial charge in [-0.3, -0.25) is 4.79 Å². The summed E-state index contributed by atoms with van der Waals surface area (Å²) in [4.78, 5) is 11.9. The van der Waals surface area contributed by atoms with Crippen LogP contribution in [-0.2, 0) is 4.79 Å². The van der Waals surface area contributed by atoms with Crippen molar-refractivity contribution in [2.45, 2.75) is 19.8 Å². The van der Waals surface area contributed by atoms with Crippen molar-refractivity contribution in [3.8, 4) is 0 Å². The lowest BCUT2D eigenvalue weighted by Gasteiger charge is -2.22. The van der Waals surface area contributed by atoms with Gasteiger partial charge in [0.1, 0.15) is 5.82 Å². The first-order chi connectivity index (χ1) is 8.16. The van der Waals surface area contributed by atoms with Gasteiger partial charge in [-0.2, -0.15) is 0 Å². The second-order valence-electron chi connectivity index (χ2n) is 4.52. The zero-order valence-corrected chi connectivity index (χ0v) is 9.92. The minimum Gasteiger partial charge on any atom is -0.323 e. The molecule has 1 aliphatic heterocycles. The molecule has 0 saturated carbocycles. The Kier molecular flexibility index (Phi) is 3.74. The highest BCUT2D eigenvalue weighted by Gasteiger charge is 2.21. The zero-order valence-electron chi connectivity index (χ0n) is 9.92. The third-order valence-electron chi connectivity index (χ3n) is 3.05. The van der Waals surface area contributed by atoms with Crippen molar-refractivity contribution in [3.05, 3.63) is 29.6 Å². The number of hydrogen-bond donors (Lipinski definition) is 2. The number of carbonyl (C=O) groups excluding carboxylic acids is 1. The van der Waals surface area contributed by atoms with E-state index in [4.69, 9.17) is 0 Å². The predicted octanol–water partition coefficient (Wildman–Crippen LogP) is 2.07. The zero-order chi connectivity index (χ0) is 12.3. The molecule has 2 N–H and O–H groups in total. The van der Waals surface area contributed by atoms with Gasteiger partial charge in [0.25, 0.3) is 0 Å². The fraction of sp³-hybridized carbons (Fsp3) is 0.462. The first-order valence-corrected chi connectivity index (χ1v) is 5.94. The van der Waals surface area contributed by atoms with Crippen molar-refractivity contribution < 1.29 is 9.18 Å². The summed E-state index contributed by atoms with van der Waals surface area (Å²) in [6, 6.07) is 4.82. The van der Waals surface area contributed by atoms with Crippen molar-refractivity contribution in [2.75, 3.05) is 18.4 Å². The molecule has 0 aliphatic carbocycles. The van der Waals surface area contributed by atoms with Crippen LogP contribution in [0.4, 0.5) is 10.1 Å². The van der Waals surface area contributed by atoms with E-state index in [0.717, 1.165) is 24.9 Å². The Morgan fingerprint density at radius 2 is 2.35 bits per heavy atom. The summed E-state index contributed by atoms with van der Waals surface area (Å²) in [5, 5.41) is 5.82. The monoisotopic (exact) mass is 236 g/mol. The van der Waals surface area contributed by atoms with Crippen molar-refractivity contribution in [3.63, 3.8) is 0 Å². The Labute approximate surface area is 100 Å². The maximum absolute atomic E-state index is 13.5. The Bertz CT molecular complexity index is 414. The third kappa shape index (κ3) is 3.03. The molecular formula is C13H17FN2O. The number of halogens is 1. The fourth-order valence-electron chi connectivity index (χ4n) is 2.03. The highest BCUT2D eigenvalue weighted by atomic mass is 19.1. The Morgan fingerprint density at radius 1 is 1.53 bits per heavy atom. The van der Waals surface area contributed by atoms with Crippen LogP contribution in [0.2, 0.25) is 0 Å². The molecule has 2 rings (SSSR count). The molecule has 1 fully saturated rings. The summed E-state index contributed by atoms with van der Waals surface area (Å²) in [7, 11) is 0. The molecule has 1 aromatic rings. The largest absolute Gasteiger partial charge is 0.323 e. The normalized spacial score (nSPS) is 20.0. The minimum atomic E-state index is -0.373. The Hall–Kier alpha value is -1.42. The summed E-state index contributed by atoms with van der Waals surface area (Å²) in [6.07, 6.45) is 1.86. The summed E-state index contributed by atoms with van der Waals surface area (Å²) in [5.41, 5.74) is 1.12. The van der Waals surface area contributed by atoms with Gasteiger partial charge in [-0.25, -0.2) is 4.39 Å². The molecule has 0 bridgehead atoms.